The number of ether oxygens (including phenoxy) is 3. The molecule has 1 aromatic carbocycles. The maximum Gasteiger partial charge on any atom is 0.407 e. The molecule has 0 atom stereocenters. The summed E-state index contributed by atoms with van der Waals surface area (Å²) in [5, 5.41) is 2.71. The van der Waals surface area contributed by atoms with Crippen LogP contribution in [0, 0.1) is 0 Å². The number of alkyl carbamates (subject to hydrolysis) is 1. The van der Waals surface area contributed by atoms with Gasteiger partial charge in [0.1, 0.15) is 5.60 Å². The Bertz CT molecular complexity index is 644. The van der Waals surface area contributed by atoms with E-state index in [4.69, 9.17) is 14.2 Å². The monoisotopic (exact) mass is 363 g/mol. The molecule has 0 bridgehead atoms. The van der Waals surface area contributed by atoms with Gasteiger partial charge in [-0.2, -0.15) is 0 Å². The van der Waals surface area contributed by atoms with Gasteiger partial charge in [-0.1, -0.05) is 18.2 Å². The van der Waals surface area contributed by atoms with E-state index in [1.807, 2.05) is 58.9 Å². The Morgan fingerprint density at radius 3 is 2.50 bits per heavy atom. The minimum atomic E-state index is -0.544. The lowest BCUT2D eigenvalue weighted by Gasteiger charge is -2.19. The number of hydrogen-bond donors (Lipinski definition) is 1. The van der Waals surface area contributed by atoms with E-state index in [-0.39, 0.29) is 18.5 Å². The molecule has 0 spiro atoms. The van der Waals surface area contributed by atoms with E-state index < -0.39 is 17.7 Å². The van der Waals surface area contributed by atoms with Gasteiger partial charge in [0.15, 0.2) is 0 Å². The van der Waals surface area contributed by atoms with Crippen LogP contribution in [-0.2, 0) is 25.5 Å². The van der Waals surface area contributed by atoms with Crippen LogP contribution in [0.5, 0.6) is 0 Å². The first-order valence-corrected chi connectivity index (χ1v) is 8.72. The third kappa shape index (κ3) is 8.55. The van der Waals surface area contributed by atoms with E-state index in [0.717, 1.165) is 11.1 Å². The van der Waals surface area contributed by atoms with Gasteiger partial charge in [-0.25, -0.2) is 9.59 Å². The van der Waals surface area contributed by atoms with Crippen molar-refractivity contribution in [1.29, 1.82) is 0 Å². The average Bonchev–Trinajstić information content (AvgIpc) is 2.51. The predicted octanol–water partition coefficient (Wildman–Crippen LogP) is 4.04. The Morgan fingerprint density at radius 2 is 1.92 bits per heavy atom. The molecule has 0 aliphatic heterocycles. The number of amides is 1. The van der Waals surface area contributed by atoms with Gasteiger partial charge in [0.05, 0.1) is 12.7 Å². The second-order valence-corrected chi connectivity index (χ2v) is 7.00. The van der Waals surface area contributed by atoms with Crippen molar-refractivity contribution in [3.63, 3.8) is 0 Å². The normalized spacial score (nSPS) is 11.9. The Hall–Kier alpha value is -2.50. The summed E-state index contributed by atoms with van der Waals surface area (Å²) < 4.78 is 15.8. The largest absolute Gasteiger partial charge is 0.484 e. The number of hydrogen-bond acceptors (Lipinski definition) is 5. The van der Waals surface area contributed by atoms with E-state index in [9.17, 15) is 9.59 Å². The van der Waals surface area contributed by atoms with Gasteiger partial charge < -0.3 is 19.5 Å². The number of nitrogens with one attached hydrogen (secondary N) is 1. The molecule has 1 aromatic rings. The molecule has 0 heterocycles. The third-order valence-electron chi connectivity index (χ3n) is 2.92. The van der Waals surface area contributed by atoms with Crippen molar-refractivity contribution in [1.82, 2.24) is 5.32 Å². The molecule has 1 rings (SSSR count). The fourth-order valence-corrected chi connectivity index (χ4v) is 2.03. The zero-order valence-corrected chi connectivity index (χ0v) is 16.4. The molecule has 0 saturated heterocycles. The van der Waals surface area contributed by atoms with Crippen molar-refractivity contribution in [2.45, 2.75) is 59.8 Å². The van der Waals surface area contributed by atoms with Gasteiger partial charge in [0.25, 0.3) is 0 Å². The van der Waals surface area contributed by atoms with Crippen molar-refractivity contribution in [2.75, 3.05) is 6.61 Å². The Kier molecular flexibility index (Phi) is 8.16. The van der Waals surface area contributed by atoms with E-state index in [0.29, 0.717) is 6.54 Å². The van der Waals surface area contributed by atoms with Crippen molar-refractivity contribution in [3.8, 4) is 0 Å². The molecule has 0 radical (unpaired) electrons. The summed E-state index contributed by atoms with van der Waals surface area (Å²) in [5.41, 5.74) is 1.10. The standard InChI is InChI=1S/C20H29NO5/c1-7-24-18(22)17(25-14(2)3)12-15-9-8-10-16(11-15)13-21-19(23)26-20(4,5)6/h8-12,14H,7,13H2,1-6H3,(H,21,23). The molecule has 6 heteroatoms. The van der Waals surface area contributed by atoms with Crippen LogP contribution in [0.1, 0.15) is 52.7 Å². The molecule has 26 heavy (non-hydrogen) atoms. The third-order valence-corrected chi connectivity index (χ3v) is 2.92. The van der Waals surface area contributed by atoms with Crippen LogP contribution in [0.3, 0.4) is 0 Å². The minimum absolute atomic E-state index is 0.150. The molecule has 0 fully saturated rings. The first-order valence-electron chi connectivity index (χ1n) is 8.72. The first kappa shape index (κ1) is 21.5. The van der Waals surface area contributed by atoms with Gasteiger partial charge in [-0.05, 0) is 64.8 Å². The lowest BCUT2D eigenvalue weighted by molar-refractivity contribution is -0.143. The predicted molar refractivity (Wildman–Crippen MR) is 100 cm³/mol. The molecule has 6 nitrogen and oxygen atoms in total. The molecule has 0 aliphatic rings. The fraction of sp³-hybridized carbons (Fsp3) is 0.500. The second kappa shape index (κ2) is 9.85. The quantitative estimate of drug-likeness (QED) is 0.450. The van der Waals surface area contributed by atoms with Crippen molar-refractivity contribution >= 4 is 18.1 Å². The summed E-state index contributed by atoms with van der Waals surface area (Å²) in [5.74, 6) is -0.349. The molecule has 0 aliphatic carbocycles. The summed E-state index contributed by atoms with van der Waals surface area (Å²) >= 11 is 0. The van der Waals surface area contributed by atoms with Crippen LogP contribution in [0.25, 0.3) is 6.08 Å². The topological polar surface area (TPSA) is 73.9 Å². The number of rotatable bonds is 7. The molecular weight excluding hydrogens is 334 g/mol. The molecule has 0 unspecified atom stereocenters. The average molecular weight is 363 g/mol. The number of esters is 1. The van der Waals surface area contributed by atoms with Crippen LogP contribution in [0.4, 0.5) is 4.79 Å². The Balaban J connectivity index is 2.85. The fourth-order valence-electron chi connectivity index (χ4n) is 2.03. The van der Waals surface area contributed by atoms with E-state index in [1.54, 1.807) is 13.0 Å². The highest BCUT2D eigenvalue weighted by atomic mass is 16.6. The highest BCUT2D eigenvalue weighted by Crippen LogP contribution is 2.14. The molecule has 0 saturated carbocycles. The minimum Gasteiger partial charge on any atom is -0.484 e. The summed E-state index contributed by atoms with van der Waals surface area (Å²) in [6, 6.07) is 7.43. The van der Waals surface area contributed by atoms with E-state index in [2.05, 4.69) is 5.32 Å². The summed E-state index contributed by atoms with van der Waals surface area (Å²) in [7, 11) is 0. The highest BCUT2D eigenvalue weighted by Gasteiger charge is 2.16. The smallest absolute Gasteiger partial charge is 0.407 e. The molecule has 144 valence electrons. The van der Waals surface area contributed by atoms with Crippen LogP contribution in [0.15, 0.2) is 30.0 Å². The highest BCUT2D eigenvalue weighted by molar-refractivity contribution is 5.91. The molecule has 1 amide bonds. The SMILES string of the molecule is CCOC(=O)C(=Cc1cccc(CNC(=O)OC(C)(C)C)c1)OC(C)C. The molecule has 1 N–H and O–H groups in total. The van der Waals surface area contributed by atoms with Gasteiger partial charge in [0, 0.05) is 6.54 Å². The number of benzene rings is 1. The van der Waals surface area contributed by atoms with Crippen molar-refractivity contribution < 1.29 is 23.8 Å². The first-order chi connectivity index (χ1) is 12.1. The van der Waals surface area contributed by atoms with Gasteiger partial charge in [-0.15, -0.1) is 0 Å². The zero-order chi connectivity index (χ0) is 19.7. The summed E-state index contributed by atoms with van der Waals surface area (Å²) in [6.07, 6.45) is 1.01. The maximum absolute atomic E-state index is 12.0. The maximum atomic E-state index is 12.0. The van der Waals surface area contributed by atoms with E-state index in [1.165, 1.54) is 0 Å². The van der Waals surface area contributed by atoms with Crippen molar-refractivity contribution in [3.05, 3.63) is 41.2 Å². The number of carbonyl (C=O) groups is 2. The lowest BCUT2D eigenvalue weighted by Crippen LogP contribution is -2.32. The van der Waals surface area contributed by atoms with Crippen LogP contribution >= 0.6 is 0 Å². The second-order valence-electron chi connectivity index (χ2n) is 7.00. The van der Waals surface area contributed by atoms with Crippen LogP contribution in [0.2, 0.25) is 0 Å². The number of carbonyl (C=O) groups excluding carboxylic acids is 2. The zero-order valence-electron chi connectivity index (χ0n) is 16.4. The van der Waals surface area contributed by atoms with Crippen molar-refractivity contribution in [2.24, 2.45) is 0 Å². The lowest BCUT2D eigenvalue weighted by atomic mass is 10.1. The van der Waals surface area contributed by atoms with Gasteiger partial charge in [0.2, 0.25) is 5.76 Å². The molecule has 0 aromatic heterocycles. The molecular formula is C20H29NO5. The Labute approximate surface area is 155 Å². The van der Waals surface area contributed by atoms with Gasteiger partial charge >= 0.3 is 12.1 Å². The van der Waals surface area contributed by atoms with Gasteiger partial charge in [-0.3, -0.25) is 0 Å². The van der Waals surface area contributed by atoms with Crippen LogP contribution < -0.4 is 5.32 Å². The summed E-state index contributed by atoms with van der Waals surface area (Å²) in [6.45, 7) is 11.4. The van der Waals surface area contributed by atoms with Crippen LogP contribution in [-0.4, -0.2) is 30.4 Å². The summed E-state index contributed by atoms with van der Waals surface area (Å²) in [4.78, 5) is 23.8. The van der Waals surface area contributed by atoms with E-state index >= 15 is 0 Å². The Morgan fingerprint density at radius 1 is 1.23 bits per heavy atom.